The number of hydrogen-bond acceptors (Lipinski definition) is 5. The lowest BCUT2D eigenvalue weighted by Gasteiger charge is -2.27. The Morgan fingerprint density at radius 3 is 2.21 bits per heavy atom. The van der Waals surface area contributed by atoms with Crippen LogP contribution < -0.4 is 5.43 Å². The number of carbonyl (C=O) groups is 3. The summed E-state index contributed by atoms with van der Waals surface area (Å²) in [4.78, 5) is 37.3. The van der Waals surface area contributed by atoms with Gasteiger partial charge in [-0.25, -0.2) is 15.2 Å². The maximum atomic E-state index is 13.2. The second-order valence-corrected chi connectivity index (χ2v) is 7.40. The molecule has 0 aliphatic rings. The quantitative estimate of drug-likeness (QED) is 0.616. The Labute approximate surface area is 170 Å². The average molecular weight is 398 g/mol. The van der Waals surface area contributed by atoms with Crippen molar-refractivity contribution >= 4 is 18.0 Å². The van der Waals surface area contributed by atoms with Gasteiger partial charge in [-0.1, -0.05) is 48.5 Å². The molecule has 0 heterocycles. The number of nitrogens with zero attached hydrogens (tertiary/aromatic N) is 1. The Morgan fingerprint density at radius 1 is 0.966 bits per heavy atom. The van der Waals surface area contributed by atoms with Gasteiger partial charge in [0.05, 0.1) is 20.1 Å². The number of esters is 1. The van der Waals surface area contributed by atoms with E-state index in [0.29, 0.717) is 11.1 Å². The summed E-state index contributed by atoms with van der Waals surface area (Å²) in [6.45, 7) is 5.34. The maximum Gasteiger partial charge on any atom is 0.426 e. The Hall–Kier alpha value is -3.35. The van der Waals surface area contributed by atoms with E-state index in [-0.39, 0.29) is 13.0 Å². The summed E-state index contributed by atoms with van der Waals surface area (Å²) < 4.78 is 10.00. The van der Waals surface area contributed by atoms with Gasteiger partial charge in [0.25, 0.3) is 5.91 Å². The molecule has 7 heteroatoms. The molecule has 0 radical (unpaired) electrons. The molecule has 2 rings (SSSR count). The zero-order chi connectivity index (χ0) is 21.4. The minimum atomic E-state index is -0.743. The van der Waals surface area contributed by atoms with Gasteiger partial charge in [0.2, 0.25) is 0 Å². The van der Waals surface area contributed by atoms with Crippen molar-refractivity contribution in [1.82, 2.24) is 10.4 Å². The molecule has 0 saturated carbocycles. The topological polar surface area (TPSA) is 84.9 Å². The van der Waals surface area contributed by atoms with Crippen LogP contribution in [-0.4, -0.2) is 35.7 Å². The lowest BCUT2D eigenvalue weighted by molar-refractivity contribution is -0.139. The largest absolute Gasteiger partial charge is 0.469 e. The van der Waals surface area contributed by atoms with Crippen molar-refractivity contribution < 1.29 is 23.9 Å². The van der Waals surface area contributed by atoms with E-state index in [1.807, 2.05) is 30.3 Å². The van der Waals surface area contributed by atoms with Gasteiger partial charge in [0.15, 0.2) is 0 Å². The van der Waals surface area contributed by atoms with Crippen LogP contribution in [0.3, 0.4) is 0 Å². The van der Waals surface area contributed by atoms with Crippen molar-refractivity contribution in [3.8, 4) is 0 Å². The summed E-state index contributed by atoms with van der Waals surface area (Å²) in [5.41, 5.74) is 3.43. The van der Waals surface area contributed by atoms with Gasteiger partial charge in [0, 0.05) is 5.56 Å². The molecule has 0 saturated heterocycles. The molecule has 29 heavy (non-hydrogen) atoms. The summed E-state index contributed by atoms with van der Waals surface area (Å²) in [5, 5.41) is 1.18. The lowest BCUT2D eigenvalue weighted by Crippen LogP contribution is -2.47. The van der Waals surface area contributed by atoms with E-state index in [1.54, 1.807) is 45.0 Å². The first-order chi connectivity index (χ1) is 13.7. The number of benzene rings is 2. The molecule has 2 aromatic rings. The first-order valence-corrected chi connectivity index (χ1v) is 9.20. The predicted octanol–water partition coefficient (Wildman–Crippen LogP) is 3.48. The number of ether oxygens (including phenoxy) is 2. The molecule has 7 nitrogen and oxygen atoms in total. The Kier molecular flexibility index (Phi) is 7.36. The molecule has 2 amide bonds. The fourth-order valence-electron chi connectivity index (χ4n) is 2.60. The van der Waals surface area contributed by atoms with Crippen molar-refractivity contribution in [2.45, 2.75) is 39.3 Å². The molecule has 0 aliphatic heterocycles. The van der Waals surface area contributed by atoms with Crippen molar-refractivity contribution in [1.29, 1.82) is 0 Å². The highest BCUT2D eigenvalue weighted by Crippen LogP contribution is 2.15. The van der Waals surface area contributed by atoms with Crippen LogP contribution in [0.25, 0.3) is 0 Å². The molecule has 1 N–H and O–H groups in total. The molecule has 0 atom stereocenters. The molecule has 0 fully saturated rings. The number of methoxy groups -OCH3 is 1. The summed E-state index contributed by atoms with van der Waals surface area (Å²) >= 11 is 0. The summed E-state index contributed by atoms with van der Waals surface area (Å²) in [7, 11) is 1.29. The number of hydrogen-bond donors (Lipinski definition) is 1. The molecule has 2 aromatic carbocycles. The van der Waals surface area contributed by atoms with Gasteiger partial charge in [-0.3, -0.25) is 9.59 Å². The summed E-state index contributed by atoms with van der Waals surface area (Å²) in [5.74, 6) is -0.917. The van der Waals surface area contributed by atoms with E-state index >= 15 is 0 Å². The normalized spacial score (nSPS) is 10.8. The van der Waals surface area contributed by atoms with Crippen molar-refractivity contribution in [2.24, 2.45) is 0 Å². The zero-order valence-corrected chi connectivity index (χ0v) is 17.1. The molecular weight excluding hydrogens is 372 g/mol. The number of nitrogens with one attached hydrogen (secondary N) is 1. The SMILES string of the molecule is COC(=O)Cc1ccccc1C(=O)N(Cc1ccccc1)NC(=O)OC(C)(C)C. The van der Waals surface area contributed by atoms with Crippen LogP contribution in [0, 0.1) is 0 Å². The van der Waals surface area contributed by atoms with Crippen molar-refractivity contribution in [3.63, 3.8) is 0 Å². The van der Waals surface area contributed by atoms with E-state index in [1.165, 1.54) is 12.1 Å². The van der Waals surface area contributed by atoms with E-state index in [4.69, 9.17) is 9.47 Å². The number of hydrazine groups is 1. The van der Waals surface area contributed by atoms with Crippen LogP contribution in [0.15, 0.2) is 54.6 Å². The first kappa shape index (κ1) is 21.9. The highest BCUT2D eigenvalue weighted by molar-refractivity contribution is 5.97. The minimum Gasteiger partial charge on any atom is -0.469 e. The summed E-state index contributed by atoms with van der Waals surface area (Å²) in [6.07, 6.45) is -0.795. The van der Waals surface area contributed by atoms with Crippen LogP contribution >= 0.6 is 0 Å². The summed E-state index contributed by atoms with van der Waals surface area (Å²) in [6, 6.07) is 16.0. The number of carbonyl (C=O) groups excluding carboxylic acids is 3. The van der Waals surface area contributed by atoms with E-state index in [0.717, 1.165) is 5.56 Å². The average Bonchev–Trinajstić information content (AvgIpc) is 2.66. The first-order valence-electron chi connectivity index (χ1n) is 9.20. The van der Waals surface area contributed by atoms with Crippen LogP contribution in [-0.2, 0) is 27.2 Å². The van der Waals surface area contributed by atoms with E-state index in [2.05, 4.69) is 5.43 Å². The third kappa shape index (κ3) is 6.95. The molecule has 0 aromatic heterocycles. The highest BCUT2D eigenvalue weighted by Gasteiger charge is 2.24. The van der Waals surface area contributed by atoms with Crippen LogP contribution in [0.2, 0.25) is 0 Å². The molecule has 0 spiro atoms. The minimum absolute atomic E-state index is 0.0516. The van der Waals surface area contributed by atoms with Crippen molar-refractivity contribution in [2.75, 3.05) is 7.11 Å². The Balaban J connectivity index is 2.31. The Bertz CT molecular complexity index is 859. The third-order valence-corrected chi connectivity index (χ3v) is 3.86. The van der Waals surface area contributed by atoms with Crippen molar-refractivity contribution in [3.05, 3.63) is 71.3 Å². The fourth-order valence-corrected chi connectivity index (χ4v) is 2.60. The van der Waals surface area contributed by atoms with Gasteiger partial charge < -0.3 is 9.47 Å². The molecule has 0 unspecified atom stereocenters. The second kappa shape index (κ2) is 9.73. The van der Waals surface area contributed by atoms with Crippen LogP contribution in [0.4, 0.5) is 4.79 Å². The molecule has 154 valence electrons. The number of rotatable bonds is 5. The van der Waals surface area contributed by atoms with Crippen LogP contribution in [0.1, 0.15) is 42.3 Å². The Morgan fingerprint density at radius 2 is 1.59 bits per heavy atom. The zero-order valence-electron chi connectivity index (χ0n) is 17.1. The second-order valence-electron chi connectivity index (χ2n) is 7.40. The smallest absolute Gasteiger partial charge is 0.426 e. The monoisotopic (exact) mass is 398 g/mol. The van der Waals surface area contributed by atoms with E-state index in [9.17, 15) is 14.4 Å². The highest BCUT2D eigenvalue weighted by atomic mass is 16.6. The standard InChI is InChI=1S/C22H26N2O5/c1-22(2,3)29-21(27)23-24(15-16-10-6-5-7-11-16)20(26)18-13-9-8-12-17(18)14-19(25)28-4/h5-13H,14-15H2,1-4H3,(H,23,27). The van der Waals surface area contributed by atoms with Gasteiger partial charge in [-0.2, -0.15) is 0 Å². The maximum absolute atomic E-state index is 13.2. The van der Waals surface area contributed by atoms with E-state index < -0.39 is 23.6 Å². The van der Waals surface area contributed by atoms with Gasteiger partial charge in [0.1, 0.15) is 5.60 Å². The third-order valence-electron chi connectivity index (χ3n) is 3.86. The van der Waals surface area contributed by atoms with Gasteiger partial charge >= 0.3 is 12.1 Å². The number of amides is 2. The molecular formula is C22H26N2O5. The predicted molar refractivity (Wildman–Crippen MR) is 108 cm³/mol. The van der Waals surface area contributed by atoms with Crippen LogP contribution in [0.5, 0.6) is 0 Å². The molecule has 0 bridgehead atoms. The van der Waals surface area contributed by atoms with Gasteiger partial charge in [-0.15, -0.1) is 0 Å². The fraction of sp³-hybridized carbons (Fsp3) is 0.318. The lowest BCUT2D eigenvalue weighted by atomic mass is 10.0. The molecule has 0 aliphatic carbocycles. The van der Waals surface area contributed by atoms with Gasteiger partial charge in [-0.05, 0) is 38.0 Å².